The molecular formula is C3H3Cl2N. The molecule has 0 bridgehead atoms. The SMILES string of the molecule is N#C[C@H](Cl)CCl. The van der Waals surface area contributed by atoms with Gasteiger partial charge in [0.1, 0.15) is 5.38 Å². The van der Waals surface area contributed by atoms with Gasteiger partial charge in [-0.1, -0.05) is 0 Å². The Labute approximate surface area is 46.5 Å². The minimum absolute atomic E-state index is 0.206. The van der Waals surface area contributed by atoms with E-state index >= 15 is 0 Å². The van der Waals surface area contributed by atoms with Crippen LogP contribution < -0.4 is 0 Å². The van der Waals surface area contributed by atoms with Gasteiger partial charge in [-0.25, -0.2) is 0 Å². The lowest BCUT2D eigenvalue weighted by molar-refractivity contribution is 1.24. The Kier molecular flexibility index (Phi) is 3.31. The minimum atomic E-state index is -0.522. The highest BCUT2D eigenvalue weighted by atomic mass is 35.5. The van der Waals surface area contributed by atoms with Crippen molar-refractivity contribution in [3.8, 4) is 6.07 Å². The van der Waals surface area contributed by atoms with Crippen LogP contribution in [-0.4, -0.2) is 11.3 Å². The van der Waals surface area contributed by atoms with Crippen molar-refractivity contribution in [2.45, 2.75) is 5.38 Å². The fourth-order valence-corrected chi connectivity index (χ4v) is 0.104. The first-order valence-corrected chi connectivity index (χ1v) is 2.38. The standard InChI is InChI=1S/C3H3Cl2N/c4-1-3(5)2-6/h3H,1H2/t3-/m1/s1. The van der Waals surface area contributed by atoms with Crippen molar-refractivity contribution in [1.29, 1.82) is 5.26 Å². The van der Waals surface area contributed by atoms with Gasteiger partial charge in [-0.3, -0.25) is 0 Å². The summed E-state index contributed by atoms with van der Waals surface area (Å²) in [7, 11) is 0. The van der Waals surface area contributed by atoms with Crippen molar-refractivity contribution in [2.24, 2.45) is 0 Å². The number of rotatable bonds is 1. The first-order valence-electron chi connectivity index (χ1n) is 1.41. The van der Waals surface area contributed by atoms with E-state index in [9.17, 15) is 0 Å². The molecule has 34 valence electrons. The maximum atomic E-state index is 7.87. The summed E-state index contributed by atoms with van der Waals surface area (Å²) >= 11 is 10.3. The van der Waals surface area contributed by atoms with Gasteiger partial charge in [-0.15, -0.1) is 23.2 Å². The number of nitrogens with zero attached hydrogens (tertiary/aromatic N) is 1. The van der Waals surface area contributed by atoms with Crippen LogP contribution in [0.1, 0.15) is 0 Å². The van der Waals surface area contributed by atoms with Gasteiger partial charge in [0, 0.05) is 0 Å². The molecule has 0 amide bonds. The molecule has 0 heterocycles. The molecule has 0 aromatic carbocycles. The molecule has 0 aromatic rings. The second-order valence-corrected chi connectivity index (χ2v) is 1.59. The fourth-order valence-electron chi connectivity index (χ4n) is 0.0345. The lowest BCUT2D eigenvalue weighted by Crippen LogP contribution is -1.91. The molecule has 0 fully saturated rings. The summed E-state index contributed by atoms with van der Waals surface area (Å²) in [6, 6.07) is 1.75. The Morgan fingerprint density at radius 3 is 2.33 bits per heavy atom. The van der Waals surface area contributed by atoms with Crippen LogP contribution >= 0.6 is 23.2 Å². The first-order chi connectivity index (χ1) is 2.81. The lowest BCUT2D eigenvalue weighted by Gasteiger charge is -1.82. The Bertz CT molecular complexity index is 65.7. The molecule has 0 radical (unpaired) electrons. The molecule has 0 saturated carbocycles. The van der Waals surface area contributed by atoms with Crippen LogP contribution in [0.5, 0.6) is 0 Å². The van der Waals surface area contributed by atoms with Gasteiger partial charge in [-0.05, 0) is 0 Å². The number of halogens is 2. The van der Waals surface area contributed by atoms with E-state index in [-0.39, 0.29) is 5.88 Å². The van der Waals surface area contributed by atoms with E-state index in [4.69, 9.17) is 28.5 Å². The molecular weight excluding hydrogens is 121 g/mol. The smallest absolute Gasteiger partial charge is 0.134 e. The van der Waals surface area contributed by atoms with Crippen LogP contribution in [0.3, 0.4) is 0 Å². The molecule has 0 saturated heterocycles. The Balaban J connectivity index is 3.04. The summed E-state index contributed by atoms with van der Waals surface area (Å²) < 4.78 is 0. The fraction of sp³-hybridized carbons (Fsp3) is 0.667. The highest BCUT2D eigenvalue weighted by Gasteiger charge is 1.93. The zero-order valence-electron chi connectivity index (χ0n) is 2.99. The highest BCUT2D eigenvalue weighted by Crippen LogP contribution is 1.93. The molecule has 1 atom stereocenters. The molecule has 6 heavy (non-hydrogen) atoms. The molecule has 0 aliphatic rings. The quantitative estimate of drug-likeness (QED) is 0.484. The van der Waals surface area contributed by atoms with Gasteiger partial charge in [0.25, 0.3) is 0 Å². The van der Waals surface area contributed by atoms with Crippen LogP contribution in [0.4, 0.5) is 0 Å². The molecule has 0 aliphatic carbocycles. The van der Waals surface area contributed by atoms with Gasteiger partial charge in [-0.2, -0.15) is 5.26 Å². The summed E-state index contributed by atoms with van der Waals surface area (Å²) in [5.74, 6) is 0.206. The van der Waals surface area contributed by atoms with Crippen LogP contribution in [0.2, 0.25) is 0 Å². The maximum Gasteiger partial charge on any atom is 0.134 e. The maximum absolute atomic E-state index is 7.87. The first kappa shape index (κ1) is 6.07. The van der Waals surface area contributed by atoms with Crippen LogP contribution in [0.15, 0.2) is 0 Å². The molecule has 3 heteroatoms. The molecule has 0 unspecified atom stereocenters. The van der Waals surface area contributed by atoms with Crippen LogP contribution in [0, 0.1) is 11.3 Å². The number of hydrogen-bond donors (Lipinski definition) is 0. The summed E-state index contributed by atoms with van der Waals surface area (Å²) in [4.78, 5) is 0. The summed E-state index contributed by atoms with van der Waals surface area (Å²) in [6.45, 7) is 0. The van der Waals surface area contributed by atoms with Crippen molar-refractivity contribution in [3.63, 3.8) is 0 Å². The van der Waals surface area contributed by atoms with Crippen LogP contribution in [-0.2, 0) is 0 Å². The molecule has 0 spiro atoms. The third-order valence-corrected chi connectivity index (χ3v) is 0.994. The second kappa shape index (κ2) is 3.27. The molecule has 0 aliphatic heterocycles. The highest BCUT2D eigenvalue weighted by molar-refractivity contribution is 6.29. The molecule has 0 aromatic heterocycles. The van der Waals surface area contributed by atoms with Crippen molar-refractivity contribution in [2.75, 3.05) is 5.88 Å². The predicted molar refractivity (Wildman–Crippen MR) is 26.0 cm³/mol. The molecule has 0 N–H and O–H groups in total. The topological polar surface area (TPSA) is 23.8 Å². The van der Waals surface area contributed by atoms with Gasteiger partial charge in [0.2, 0.25) is 0 Å². The normalized spacial score (nSPS) is 12.8. The minimum Gasteiger partial charge on any atom is -0.197 e. The number of nitriles is 1. The Hall–Kier alpha value is 0.0700. The van der Waals surface area contributed by atoms with E-state index in [0.717, 1.165) is 0 Å². The van der Waals surface area contributed by atoms with Gasteiger partial charge < -0.3 is 0 Å². The largest absolute Gasteiger partial charge is 0.197 e. The molecule has 0 rings (SSSR count). The van der Waals surface area contributed by atoms with Gasteiger partial charge >= 0.3 is 0 Å². The summed E-state index contributed by atoms with van der Waals surface area (Å²) in [5.41, 5.74) is 0. The zero-order chi connectivity index (χ0) is 4.99. The van der Waals surface area contributed by atoms with Crippen molar-refractivity contribution < 1.29 is 0 Å². The van der Waals surface area contributed by atoms with E-state index < -0.39 is 5.38 Å². The van der Waals surface area contributed by atoms with Gasteiger partial charge in [0.05, 0.1) is 11.9 Å². The average molecular weight is 124 g/mol. The van der Waals surface area contributed by atoms with Crippen LogP contribution in [0.25, 0.3) is 0 Å². The lowest BCUT2D eigenvalue weighted by atomic mass is 10.5. The monoisotopic (exact) mass is 123 g/mol. The Morgan fingerprint density at radius 1 is 1.83 bits per heavy atom. The zero-order valence-corrected chi connectivity index (χ0v) is 4.50. The number of alkyl halides is 2. The van der Waals surface area contributed by atoms with E-state index in [1.165, 1.54) is 0 Å². The third kappa shape index (κ3) is 2.32. The van der Waals surface area contributed by atoms with Crippen molar-refractivity contribution in [3.05, 3.63) is 0 Å². The van der Waals surface area contributed by atoms with Gasteiger partial charge in [0.15, 0.2) is 0 Å². The predicted octanol–water partition coefficient (Wildman–Crippen LogP) is 1.36. The van der Waals surface area contributed by atoms with E-state index in [1.807, 2.05) is 0 Å². The molecule has 1 nitrogen and oxygen atoms in total. The summed E-state index contributed by atoms with van der Waals surface area (Å²) in [6.07, 6.45) is 0. The van der Waals surface area contributed by atoms with E-state index in [2.05, 4.69) is 0 Å². The second-order valence-electron chi connectivity index (χ2n) is 0.751. The number of hydrogen-bond acceptors (Lipinski definition) is 1. The van der Waals surface area contributed by atoms with E-state index in [1.54, 1.807) is 6.07 Å². The van der Waals surface area contributed by atoms with E-state index in [0.29, 0.717) is 0 Å². The third-order valence-electron chi connectivity index (χ3n) is 0.276. The van der Waals surface area contributed by atoms with Crippen molar-refractivity contribution in [1.82, 2.24) is 0 Å². The van der Waals surface area contributed by atoms with Crippen molar-refractivity contribution >= 4 is 23.2 Å². The summed E-state index contributed by atoms with van der Waals surface area (Å²) in [5, 5.41) is 7.35. The Morgan fingerprint density at radius 2 is 2.33 bits per heavy atom. The average Bonchev–Trinajstić information content (AvgIpc) is 1.65.